The standard InChI is InChI=1S/C22H23N3O/c1-3-4-13-22(2,15-21(26)24-19-8-6-5-7-9-19)14-12-18-16-23-25(17-18)20-10-11-20/h3-9,13,16-17,20H,1,10-11,15H2,2H3,(H,24,26)/b13-4-. The first-order valence-electron chi connectivity index (χ1n) is 8.80. The summed E-state index contributed by atoms with van der Waals surface area (Å²) < 4.78 is 1.98. The maximum atomic E-state index is 12.4. The number of hydrogen-bond acceptors (Lipinski definition) is 2. The number of rotatable bonds is 6. The van der Waals surface area contributed by atoms with Crippen LogP contribution in [0.4, 0.5) is 5.69 Å². The van der Waals surface area contributed by atoms with Gasteiger partial charge in [-0.3, -0.25) is 9.48 Å². The second kappa shape index (κ2) is 7.88. The van der Waals surface area contributed by atoms with E-state index in [-0.39, 0.29) is 12.3 Å². The molecule has 0 saturated heterocycles. The number of nitrogens with one attached hydrogen (secondary N) is 1. The molecule has 3 rings (SSSR count). The van der Waals surface area contributed by atoms with Crippen LogP contribution >= 0.6 is 0 Å². The highest BCUT2D eigenvalue weighted by Gasteiger charge is 2.24. The Bertz CT molecular complexity index is 866. The maximum absolute atomic E-state index is 12.4. The Morgan fingerprint density at radius 2 is 2.19 bits per heavy atom. The van der Waals surface area contributed by atoms with E-state index in [2.05, 4.69) is 28.8 Å². The van der Waals surface area contributed by atoms with Gasteiger partial charge in [0, 0.05) is 18.3 Å². The minimum Gasteiger partial charge on any atom is -0.326 e. The molecule has 0 aliphatic heterocycles. The second-order valence-corrected chi connectivity index (χ2v) is 6.79. The highest BCUT2D eigenvalue weighted by atomic mass is 16.1. The molecule has 1 amide bonds. The number of carbonyl (C=O) groups is 1. The number of carbonyl (C=O) groups excluding carboxylic acids is 1. The Kier molecular flexibility index (Phi) is 5.38. The van der Waals surface area contributed by atoms with Crippen LogP contribution in [-0.4, -0.2) is 15.7 Å². The van der Waals surface area contributed by atoms with E-state index in [0.717, 1.165) is 11.3 Å². The van der Waals surface area contributed by atoms with Crippen LogP contribution in [0.1, 0.15) is 37.8 Å². The van der Waals surface area contributed by atoms with Gasteiger partial charge in [0.2, 0.25) is 5.91 Å². The molecule has 1 fully saturated rings. The van der Waals surface area contributed by atoms with Crippen LogP contribution in [-0.2, 0) is 4.79 Å². The number of nitrogens with zero attached hydrogens (tertiary/aromatic N) is 2. The first kappa shape index (κ1) is 17.8. The quantitative estimate of drug-likeness (QED) is 0.625. The first-order chi connectivity index (χ1) is 12.6. The van der Waals surface area contributed by atoms with Crippen molar-refractivity contribution in [2.45, 2.75) is 32.2 Å². The van der Waals surface area contributed by atoms with E-state index in [9.17, 15) is 4.79 Å². The third kappa shape index (κ3) is 4.97. The summed E-state index contributed by atoms with van der Waals surface area (Å²) in [7, 11) is 0. The van der Waals surface area contributed by atoms with Crippen LogP contribution in [0.3, 0.4) is 0 Å². The fourth-order valence-corrected chi connectivity index (χ4v) is 2.64. The van der Waals surface area contributed by atoms with Crippen molar-refractivity contribution in [2.75, 3.05) is 5.32 Å². The predicted octanol–water partition coefficient (Wildman–Crippen LogP) is 4.35. The van der Waals surface area contributed by atoms with Crippen LogP contribution in [0.15, 0.2) is 67.5 Å². The molecule has 132 valence electrons. The molecule has 0 radical (unpaired) electrons. The van der Waals surface area contributed by atoms with Crippen molar-refractivity contribution in [1.82, 2.24) is 9.78 Å². The summed E-state index contributed by atoms with van der Waals surface area (Å²) in [5, 5.41) is 7.28. The Labute approximate surface area is 154 Å². The highest BCUT2D eigenvalue weighted by Crippen LogP contribution is 2.34. The predicted molar refractivity (Wildman–Crippen MR) is 105 cm³/mol. The maximum Gasteiger partial charge on any atom is 0.226 e. The molecule has 0 spiro atoms. The SMILES string of the molecule is C=C/C=C\C(C)(C#Cc1cnn(C2CC2)c1)CC(=O)Nc1ccccc1. The monoisotopic (exact) mass is 345 g/mol. The molecular weight excluding hydrogens is 322 g/mol. The molecule has 1 aliphatic rings. The average Bonchev–Trinajstić information content (AvgIpc) is 3.37. The Balaban J connectivity index is 1.72. The van der Waals surface area contributed by atoms with Crippen molar-refractivity contribution in [3.05, 3.63) is 73.1 Å². The normalized spacial score (nSPS) is 15.7. The molecule has 4 nitrogen and oxygen atoms in total. The van der Waals surface area contributed by atoms with Crippen molar-refractivity contribution in [3.63, 3.8) is 0 Å². The molecule has 1 saturated carbocycles. The van der Waals surface area contributed by atoms with E-state index < -0.39 is 5.41 Å². The lowest BCUT2D eigenvalue weighted by Crippen LogP contribution is -2.22. The van der Waals surface area contributed by atoms with Gasteiger partial charge in [0.1, 0.15) is 0 Å². The molecule has 1 aromatic heterocycles. The number of anilines is 1. The summed E-state index contributed by atoms with van der Waals surface area (Å²) in [4.78, 5) is 12.4. The summed E-state index contributed by atoms with van der Waals surface area (Å²) in [5.74, 6) is 6.33. The number of aromatic nitrogens is 2. The fourth-order valence-electron chi connectivity index (χ4n) is 2.64. The number of benzene rings is 1. The number of hydrogen-bond donors (Lipinski definition) is 1. The van der Waals surface area contributed by atoms with E-state index in [1.165, 1.54) is 12.8 Å². The summed E-state index contributed by atoms with van der Waals surface area (Å²) in [6.07, 6.45) is 11.8. The smallest absolute Gasteiger partial charge is 0.226 e. The molecule has 26 heavy (non-hydrogen) atoms. The van der Waals surface area contributed by atoms with Crippen LogP contribution < -0.4 is 5.32 Å². The lowest BCUT2D eigenvalue weighted by Gasteiger charge is -2.18. The first-order valence-corrected chi connectivity index (χ1v) is 8.80. The van der Waals surface area contributed by atoms with Crippen molar-refractivity contribution < 1.29 is 4.79 Å². The van der Waals surface area contributed by atoms with Gasteiger partial charge in [-0.05, 0) is 31.9 Å². The van der Waals surface area contributed by atoms with Crippen LogP contribution in [0, 0.1) is 17.3 Å². The zero-order valence-electron chi connectivity index (χ0n) is 15.0. The van der Waals surface area contributed by atoms with Crippen LogP contribution in [0.25, 0.3) is 0 Å². The minimum atomic E-state index is -0.589. The Morgan fingerprint density at radius 1 is 1.42 bits per heavy atom. The van der Waals surface area contributed by atoms with Gasteiger partial charge in [-0.15, -0.1) is 0 Å². The molecule has 2 aromatic rings. The van der Waals surface area contributed by atoms with Gasteiger partial charge in [0.25, 0.3) is 0 Å². The zero-order valence-corrected chi connectivity index (χ0v) is 15.0. The number of allylic oxidation sites excluding steroid dienone is 3. The molecule has 1 aliphatic carbocycles. The van der Waals surface area contributed by atoms with E-state index in [1.54, 1.807) is 12.3 Å². The molecular formula is C22H23N3O. The van der Waals surface area contributed by atoms with Gasteiger partial charge >= 0.3 is 0 Å². The average molecular weight is 345 g/mol. The number of amides is 1. The van der Waals surface area contributed by atoms with Crippen LogP contribution in [0.5, 0.6) is 0 Å². The minimum absolute atomic E-state index is 0.0737. The van der Waals surface area contributed by atoms with Gasteiger partial charge in [0.05, 0.1) is 23.2 Å². The molecule has 1 atom stereocenters. The summed E-state index contributed by atoms with van der Waals surface area (Å²) >= 11 is 0. The van der Waals surface area contributed by atoms with Crippen molar-refractivity contribution >= 4 is 11.6 Å². The topological polar surface area (TPSA) is 46.9 Å². The molecule has 1 unspecified atom stereocenters. The van der Waals surface area contributed by atoms with Gasteiger partial charge in [-0.2, -0.15) is 5.10 Å². The van der Waals surface area contributed by atoms with E-state index in [4.69, 9.17) is 0 Å². The van der Waals surface area contributed by atoms with Gasteiger partial charge in [-0.25, -0.2) is 0 Å². The molecule has 4 heteroatoms. The largest absolute Gasteiger partial charge is 0.326 e. The van der Waals surface area contributed by atoms with Crippen molar-refractivity contribution in [2.24, 2.45) is 5.41 Å². The summed E-state index contributed by atoms with van der Waals surface area (Å²) in [6, 6.07) is 9.97. The lowest BCUT2D eigenvalue weighted by atomic mass is 9.86. The van der Waals surface area contributed by atoms with Crippen molar-refractivity contribution in [1.29, 1.82) is 0 Å². The third-order valence-electron chi connectivity index (χ3n) is 4.20. The van der Waals surface area contributed by atoms with E-state index in [1.807, 2.05) is 60.3 Å². The fraction of sp³-hybridized carbons (Fsp3) is 0.273. The molecule has 0 bridgehead atoms. The summed E-state index contributed by atoms with van der Waals surface area (Å²) in [5.41, 5.74) is 1.07. The Morgan fingerprint density at radius 3 is 2.88 bits per heavy atom. The number of para-hydroxylation sites is 1. The highest BCUT2D eigenvalue weighted by molar-refractivity contribution is 5.91. The third-order valence-corrected chi connectivity index (χ3v) is 4.20. The molecule has 1 N–H and O–H groups in total. The second-order valence-electron chi connectivity index (χ2n) is 6.79. The van der Waals surface area contributed by atoms with Gasteiger partial charge in [-0.1, -0.05) is 54.8 Å². The van der Waals surface area contributed by atoms with Gasteiger partial charge in [0.15, 0.2) is 0 Å². The van der Waals surface area contributed by atoms with E-state index >= 15 is 0 Å². The van der Waals surface area contributed by atoms with Crippen LogP contribution in [0.2, 0.25) is 0 Å². The van der Waals surface area contributed by atoms with Crippen molar-refractivity contribution in [3.8, 4) is 11.8 Å². The van der Waals surface area contributed by atoms with Gasteiger partial charge < -0.3 is 5.32 Å². The molecule has 1 aromatic carbocycles. The Hall–Kier alpha value is -3.06. The van der Waals surface area contributed by atoms with E-state index in [0.29, 0.717) is 6.04 Å². The lowest BCUT2D eigenvalue weighted by molar-refractivity contribution is -0.117. The summed E-state index contributed by atoms with van der Waals surface area (Å²) in [6.45, 7) is 5.66. The zero-order chi connectivity index (χ0) is 18.4. The molecule has 1 heterocycles.